The van der Waals surface area contributed by atoms with Crippen LogP contribution in [0.5, 0.6) is 0 Å². The molecule has 4 rings (SSSR count). The Kier molecular flexibility index (Phi) is 3.38. The van der Waals surface area contributed by atoms with E-state index >= 15 is 0 Å². The lowest BCUT2D eigenvalue weighted by atomic mass is 9.68. The van der Waals surface area contributed by atoms with Crippen LogP contribution in [0.2, 0.25) is 0 Å². The Labute approximate surface area is 119 Å². The van der Waals surface area contributed by atoms with Crippen molar-refractivity contribution >= 4 is 0 Å². The van der Waals surface area contributed by atoms with Gasteiger partial charge in [-0.3, -0.25) is 4.90 Å². The van der Waals surface area contributed by atoms with E-state index < -0.39 is 0 Å². The van der Waals surface area contributed by atoms with E-state index in [1.807, 2.05) is 0 Å². The standard InChI is InChI=1S/C18H31N/c1-13-8-16-6-3-7-17(9-13)19(16)18-11-14-4-2-5-15(10-14)12-18/h13-18H,2-12H2,1H3/t13-,14-,15+,16+,17-,18+. The minimum Gasteiger partial charge on any atom is -0.294 e. The maximum Gasteiger partial charge on any atom is 0.0106 e. The van der Waals surface area contributed by atoms with Crippen molar-refractivity contribution in [2.75, 3.05) is 0 Å². The predicted molar refractivity (Wildman–Crippen MR) is 80.1 cm³/mol. The molecule has 2 saturated heterocycles. The smallest absolute Gasteiger partial charge is 0.0106 e. The highest BCUT2D eigenvalue weighted by Crippen LogP contribution is 2.46. The molecule has 0 radical (unpaired) electrons. The van der Waals surface area contributed by atoms with Gasteiger partial charge < -0.3 is 0 Å². The summed E-state index contributed by atoms with van der Waals surface area (Å²) in [6.07, 6.45) is 16.8. The molecule has 0 aromatic carbocycles. The van der Waals surface area contributed by atoms with E-state index in [2.05, 4.69) is 11.8 Å². The fourth-order valence-electron chi connectivity index (χ4n) is 6.23. The van der Waals surface area contributed by atoms with Gasteiger partial charge in [0.15, 0.2) is 0 Å². The van der Waals surface area contributed by atoms with Crippen LogP contribution in [0.1, 0.15) is 77.6 Å². The van der Waals surface area contributed by atoms with Crippen LogP contribution in [0.4, 0.5) is 0 Å². The summed E-state index contributed by atoms with van der Waals surface area (Å²) in [6, 6.07) is 2.91. The quantitative estimate of drug-likeness (QED) is 0.666. The van der Waals surface area contributed by atoms with E-state index in [9.17, 15) is 0 Å². The van der Waals surface area contributed by atoms with Crippen LogP contribution in [0.3, 0.4) is 0 Å². The molecule has 0 spiro atoms. The van der Waals surface area contributed by atoms with Crippen molar-refractivity contribution in [3.63, 3.8) is 0 Å². The molecule has 0 N–H and O–H groups in total. The van der Waals surface area contributed by atoms with E-state index in [1.165, 1.54) is 38.5 Å². The van der Waals surface area contributed by atoms with Crippen LogP contribution in [-0.4, -0.2) is 23.0 Å². The van der Waals surface area contributed by atoms with Crippen molar-refractivity contribution in [3.05, 3.63) is 0 Å². The van der Waals surface area contributed by atoms with Crippen LogP contribution in [0, 0.1) is 17.8 Å². The highest BCUT2D eigenvalue weighted by atomic mass is 15.2. The zero-order valence-corrected chi connectivity index (χ0v) is 12.7. The summed E-state index contributed by atoms with van der Waals surface area (Å²) >= 11 is 0. The first-order valence-corrected chi connectivity index (χ1v) is 9.07. The van der Waals surface area contributed by atoms with Gasteiger partial charge in [0, 0.05) is 18.1 Å². The van der Waals surface area contributed by atoms with Gasteiger partial charge in [0.05, 0.1) is 0 Å². The van der Waals surface area contributed by atoms with Crippen LogP contribution in [0.15, 0.2) is 0 Å². The Hall–Kier alpha value is -0.0400. The predicted octanol–water partition coefficient (Wildman–Crippen LogP) is 4.61. The zero-order chi connectivity index (χ0) is 12.8. The fraction of sp³-hybridized carbons (Fsp3) is 1.00. The molecule has 4 fully saturated rings. The summed E-state index contributed by atoms with van der Waals surface area (Å²) in [5.74, 6) is 3.18. The third-order valence-corrected chi connectivity index (χ3v) is 6.79. The molecule has 19 heavy (non-hydrogen) atoms. The minimum absolute atomic E-state index is 0.964. The van der Waals surface area contributed by atoms with Gasteiger partial charge in [-0.05, 0) is 62.7 Å². The summed E-state index contributed by atoms with van der Waals surface area (Å²) in [4.78, 5) is 3.06. The first-order chi connectivity index (χ1) is 9.29. The van der Waals surface area contributed by atoms with Crippen LogP contribution in [-0.2, 0) is 0 Å². The summed E-state index contributed by atoms with van der Waals surface area (Å²) in [5.41, 5.74) is 0. The van der Waals surface area contributed by atoms with Crippen molar-refractivity contribution in [3.8, 4) is 0 Å². The first-order valence-electron chi connectivity index (χ1n) is 9.07. The maximum atomic E-state index is 3.06. The van der Waals surface area contributed by atoms with Crippen molar-refractivity contribution in [2.45, 2.75) is 95.7 Å². The van der Waals surface area contributed by atoms with Crippen molar-refractivity contribution in [2.24, 2.45) is 17.8 Å². The van der Waals surface area contributed by atoms with Gasteiger partial charge in [0.25, 0.3) is 0 Å². The Morgan fingerprint density at radius 1 is 0.632 bits per heavy atom. The SMILES string of the molecule is C[C@H]1C[C@H]2CCC[C@@H](C1)N2[C@H]1C[C@@H]2CCC[C@@H](C2)C1. The molecule has 2 aliphatic carbocycles. The molecule has 1 heteroatoms. The monoisotopic (exact) mass is 261 g/mol. The molecule has 0 aromatic rings. The van der Waals surface area contributed by atoms with Gasteiger partial charge in [-0.25, -0.2) is 0 Å². The van der Waals surface area contributed by atoms with E-state index in [1.54, 1.807) is 32.1 Å². The largest absolute Gasteiger partial charge is 0.294 e. The third kappa shape index (κ3) is 2.37. The number of piperidine rings is 2. The summed E-state index contributed by atoms with van der Waals surface area (Å²) in [6.45, 7) is 2.50. The minimum atomic E-state index is 0.964. The average Bonchev–Trinajstić information content (AvgIpc) is 2.37. The second-order valence-electron chi connectivity index (χ2n) is 8.29. The molecule has 0 aromatic heterocycles. The van der Waals surface area contributed by atoms with Crippen LogP contribution >= 0.6 is 0 Å². The molecule has 4 aliphatic rings. The Bertz CT molecular complexity index is 300. The van der Waals surface area contributed by atoms with Gasteiger partial charge in [-0.2, -0.15) is 0 Å². The number of rotatable bonds is 1. The van der Waals surface area contributed by atoms with Gasteiger partial charge in [-0.1, -0.05) is 32.6 Å². The van der Waals surface area contributed by atoms with Crippen molar-refractivity contribution < 1.29 is 0 Å². The molecule has 2 heterocycles. The van der Waals surface area contributed by atoms with E-state index in [0.717, 1.165) is 35.9 Å². The second kappa shape index (κ2) is 5.06. The van der Waals surface area contributed by atoms with E-state index in [0.29, 0.717) is 0 Å². The number of hydrogen-bond acceptors (Lipinski definition) is 1. The highest BCUT2D eigenvalue weighted by Gasteiger charge is 2.43. The highest BCUT2D eigenvalue weighted by molar-refractivity contribution is 4.98. The maximum absolute atomic E-state index is 3.06. The number of hydrogen-bond donors (Lipinski definition) is 0. The van der Waals surface area contributed by atoms with Crippen LogP contribution < -0.4 is 0 Å². The molecule has 4 bridgehead atoms. The lowest BCUT2D eigenvalue weighted by Gasteiger charge is -2.55. The molecule has 2 saturated carbocycles. The van der Waals surface area contributed by atoms with Crippen molar-refractivity contribution in [1.29, 1.82) is 0 Å². The molecule has 2 aliphatic heterocycles. The summed E-state index contributed by atoms with van der Waals surface area (Å²) in [7, 11) is 0. The average molecular weight is 261 g/mol. The molecule has 0 unspecified atom stereocenters. The van der Waals surface area contributed by atoms with Gasteiger partial charge in [-0.15, -0.1) is 0 Å². The summed E-state index contributed by atoms with van der Waals surface area (Å²) in [5, 5.41) is 0. The van der Waals surface area contributed by atoms with E-state index in [4.69, 9.17) is 0 Å². The zero-order valence-electron chi connectivity index (χ0n) is 12.7. The molecule has 6 atom stereocenters. The molecular weight excluding hydrogens is 230 g/mol. The van der Waals surface area contributed by atoms with Crippen molar-refractivity contribution in [1.82, 2.24) is 4.90 Å². The first kappa shape index (κ1) is 12.7. The molecule has 108 valence electrons. The molecule has 0 amide bonds. The van der Waals surface area contributed by atoms with Gasteiger partial charge >= 0.3 is 0 Å². The Morgan fingerprint density at radius 3 is 1.84 bits per heavy atom. The topological polar surface area (TPSA) is 3.24 Å². The lowest BCUT2D eigenvalue weighted by molar-refractivity contribution is -0.0485. The van der Waals surface area contributed by atoms with Crippen LogP contribution in [0.25, 0.3) is 0 Å². The summed E-state index contributed by atoms with van der Waals surface area (Å²) < 4.78 is 0. The normalized spacial score (nSPS) is 51.0. The fourth-order valence-corrected chi connectivity index (χ4v) is 6.23. The van der Waals surface area contributed by atoms with E-state index in [-0.39, 0.29) is 0 Å². The lowest BCUT2D eigenvalue weighted by Crippen LogP contribution is -2.57. The van der Waals surface area contributed by atoms with Gasteiger partial charge in [0.2, 0.25) is 0 Å². The number of nitrogens with zero attached hydrogens (tertiary/aromatic N) is 1. The number of fused-ring (bicyclic) bond motifs is 4. The second-order valence-corrected chi connectivity index (χ2v) is 8.29. The molecule has 1 nitrogen and oxygen atoms in total. The Morgan fingerprint density at radius 2 is 1.21 bits per heavy atom. The Balaban J connectivity index is 1.51. The molecular formula is C18H31N. The van der Waals surface area contributed by atoms with Gasteiger partial charge in [0.1, 0.15) is 0 Å². The third-order valence-electron chi connectivity index (χ3n) is 6.79.